The van der Waals surface area contributed by atoms with Crippen LogP contribution in [0.5, 0.6) is 0 Å². The van der Waals surface area contributed by atoms with Crippen molar-refractivity contribution in [3.8, 4) is 0 Å². The normalized spacial score (nSPS) is 14.1. The van der Waals surface area contributed by atoms with Crippen LogP contribution < -0.4 is 4.90 Å². The maximum Gasteiger partial charge on any atom is 0.168 e. The van der Waals surface area contributed by atoms with E-state index < -0.39 is 5.60 Å². The minimum absolute atomic E-state index is 0.0250. The number of carbonyl (C=O) groups excluding carboxylic acids is 1. The number of hydrogen-bond donors (Lipinski definition) is 1. The van der Waals surface area contributed by atoms with Gasteiger partial charge in [0, 0.05) is 30.8 Å². The van der Waals surface area contributed by atoms with Crippen LogP contribution in [0.15, 0.2) is 48.9 Å². The van der Waals surface area contributed by atoms with Gasteiger partial charge in [-0.15, -0.1) is 10.2 Å². The minimum Gasteiger partial charge on any atom is -0.386 e. The van der Waals surface area contributed by atoms with Gasteiger partial charge in [0.15, 0.2) is 17.3 Å². The molecule has 0 bridgehead atoms. The van der Waals surface area contributed by atoms with E-state index in [1.165, 1.54) is 0 Å². The van der Waals surface area contributed by atoms with E-state index in [9.17, 15) is 9.90 Å². The molecular weight excluding hydrogens is 394 g/mol. The summed E-state index contributed by atoms with van der Waals surface area (Å²) in [5.41, 5.74) is 1.80. The van der Waals surface area contributed by atoms with Crippen LogP contribution in [0.2, 0.25) is 0 Å². The van der Waals surface area contributed by atoms with Gasteiger partial charge < -0.3 is 14.6 Å². The Balaban J connectivity index is 1.42. The Morgan fingerprint density at radius 2 is 1.97 bits per heavy atom. The van der Waals surface area contributed by atoms with E-state index >= 15 is 0 Å². The Kier molecular flexibility index (Phi) is 4.55. The molecule has 5 rings (SSSR count). The lowest BCUT2D eigenvalue weighted by molar-refractivity contribution is 0.0784. The number of aromatic nitrogens is 6. The quantitative estimate of drug-likeness (QED) is 0.496. The molecule has 0 fully saturated rings. The highest BCUT2D eigenvalue weighted by atomic mass is 16.3. The van der Waals surface area contributed by atoms with Crippen molar-refractivity contribution in [1.82, 2.24) is 29.4 Å². The van der Waals surface area contributed by atoms with E-state index in [0.717, 1.165) is 30.3 Å². The van der Waals surface area contributed by atoms with Gasteiger partial charge in [-0.05, 0) is 19.4 Å². The van der Waals surface area contributed by atoms with E-state index in [-0.39, 0.29) is 12.2 Å². The number of aliphatic hydroxyl groups is 1. The number of rotatable bonds is 5. The summed E-state index contributed by atoms with van der Waals surface area (Å²) < 4.78 is 3.83. The van der Waals surface area contributed by atoms with Crippen molar-refractivity contribution < 1.29 is 9.90 Å². The number of hydrogen-bond acceptors (Lipinski definition) is 7. The Morgan fingerprint density at radius 1 is 1.16 bits per heavy atom. The monoisotopic (exact) mass is 417 g/mol. The topological polar surface area (TPSA) is 101 Å². The maximum absolute atomic E-state index is 12.9. The third-order valence-electron chi connectivity index (χ3n) is 5.61. The zero-order chi connectivity index (χ0) is 21.6. The largest absolute Gasteiger partial charge is 0.386 e. The predicted molar refractivity (Wildman–Crippen MR) is 114 cm³/mol. The van der Waals surface area contributed by atoms with Crippen molar-refractivity contribution in [1.29, 1.82) is 0 Å². The number of anilines is 1. The molecule has 0 saturated carbocycles. The standard InChI is InChI=1S/C22H23N7O2/c1-22(2,31)16-5-3-15(4-6-16)18(30)11-17-12-21(29-19(25-17)7-8-24-29)27-9-10-28-14-23-26-20(28)13-27/h3-8,12,14,31H,9-11,13H2,1-2H3. The SMILES string of the molecule is CC(C)(O)c1ccc(C(=O)Cc2cc(N3CCn4cnnc4C3)n3nccc3n2)cc1. The van der Waals surface area contributed by atoms with E-state index in [4.69, 9.17) is 0 Å². The molecule has 1 N–H and O–H groups in total. The fourth-order valence-electron chi connectivity index (χ4n) is 3.86. The van der Waals surface area contributed by atoms with Gasteiger partial charge in [0.25, 0.3) is 0 Å². The summed E-state index contributed by atoms with van der Waals surface area (Å²) in [6.45, 7) is 5.63. The second-order valence-corrected chi connectivity index (χ2v) is 8.31. The van der Waals surface area contributed by atoms with Gasteiger partial charge in [0.1, 0.15) is 12.1 Å². The van der Waals surface area contributed by atoms with E-state index in [2.05, 4.69) is 25.2 Å². The molecule has 0 amide bonds. The first-order chi connectivity index (χ1) is 14.9. The van der Waals surface area contributed by atoms with Crippen molar-refractivity contribution in [3.63, 3.8) is 0 Å². The molecule has 31 heavy (non-hydrogen) atoms. The van der Waals surface area contributed by atoms with Crippen LogP contribution in [0.1, 0.15) is 41.3 Å². The first-order valence-corrected chi connectivity index (χ1v) is 10.2. The first-order valence-electron chi connectivity index (χ1n) is 10.2. The molecule has 3 aromatic heterocycles. The minimum atomic E-state index is -0.941. The fraction of sp³-hybridized carbons (Fsp3) is 0.318. The van der Waals surface area contributed by atoms with Crippen LogP contribution in [0.3, 0.4) is 0 Å². The molecule has 0 unspecified atom stereocenters. The molecule has 4 aromatic rings. The second kappa shape index (κ2) is 7.28. The molecule has 1 aliphatic heterocycles. The molecule has 0 aliphatic carbocycles. The zero-order valence-corrected chi connectivity index (χ0v) is 17.4. The number of carbonyl (C=O) groups is 1. The second-order valence-electron chi connectivity index (χ2n) is 8.31. The summed E-state index contributed by atoms with van der Waals surface area (Å²) in [6, 6.07) is 10.8. The smallest absolute Gasteiger partial charge is 0.168 e. The Morgan fingerprint density at radius 3 is 2.74 bits per heavy atom. The van der Waals surface area contributed by atoms with Crippen molar-refractivity contribution in [3.05, 3.63) is 71.6 Å². The lowest BCUT2D eigenvalue weighted by Crippen LogP contribution is -2.35. The van der Waals surface area contributed by atoms with Gasteiger partial charge in [-0.3, -0.25) is 4.79 Å². The molecule has 4 heterocycles. The zero-order valence-electron chi connectivity index (χ0n) is 17.4. The molecule has 0 atom stereocenters. The highest BCUT2D eigenvalue weighted by molar-refractivity contribution is 5.97. The molecule has 0 radical (unpaired) electrons. The van der Waals surface area contributed by atoms with Crippen LogP contribution >= 0.6 is 0 Å². The third-order valence-corrected chi connectivity index (χ3v) is 5.61. The molecule has 158 valence electrons. The van der Waals surface area contributed by atoms with E-state index in [1.54, 1.807) is 55.2 Å². The Bertz CT molecular complexity index is 1250. The number of nitrogens with zero attached hydrogens (tertiary/aromatic N) is 7. The van der Waals surface area contributed by atoms with Crippen LogP contribution in [0.25, 0.3) is 5.65 Å². The van der Waals surface area contributed by atoms with Gasteiger partial charge in [-0.2, -0.15) is 9.61 Å². The molecule has 1 aliphatic rings. The van der Waals surface area contributed by atoms with E-state index in [1.807, 2.05) is 16.7 Å². The lowest BCUT2D eigenvalue weighted by atomic mass is 9.96. The van der Waals surface area contributed by atoms with Crippen LogP contribution in [0.4, 0.5) is 5.82 Å². The van der Waals surface area contributed by atoms with Crippen molar-refractivity contribution in [2.75, 3.05) is 11.4 Å². The number of ketones is 1. The van der Waals surface area contributed by atoms with Crippen molar-refractivity contribution in [2.24, 2.45) is 0 Å². The van der Waals surface area contributed by atoms with E-state index in [0.29, 0.717) is 23.4 Å². The van der Waals surface area contributed by atoms with Gasteiger partial charge >= 0.3 is 0 Å². The van der Waals surface area contributed by atoms with Gasteiger partial charge in [-0.1, -0.05) is 24.3 Å². The molecule has 9 nitrogen and oxygen atoms in total. The molecular formula is C22H23N7O2. The summed E-state index contributed by atoms with van der Waals surface area (Å²) in [5.74, 6) is 1.75. The molecule has 0 spiro atoms. The first kappa shape index (κ1) is 19.4. The Labute approximate surface area is 179 Å². The summed E-state index contributed by atoms with van der Waals surface area (Å²) in [4.78, 5) is 19.7. The summed E-state index contributed by atoms with van der Waals surface area (Å²) >= 11 is 0. The molecule has 9 heteroatoms. The average Bonchev–Trinajstić information content (AvgIpc) is 3.41. The lowest BCUT2D eigenvalue weighted by Gasteiger charge is -2.29. The van der Waals surface area contributed by atoms with Crippen molar-refractivity contribution >= 4 is 17.2 Å². The summed E-state index contributed by atoms with van der Waals surface area (Å²) in [6.07, 6.45) is 3.63. The maximum atomic E-state index is 12.9. The third kappa shape index (κ3) is 3.68. The number of benzene rings is 1. The van der Waals surface area contributed by atoms with Crippen LogP contribution in [-0.4, -0.2) is 46.8 Å². The highest BCUT2D eigenvalue weighted by Crippen LogP contribution is 2.23. The molecule has 1 aromatic carbocycles. The predicted octanol–water partition coefficient (Wildman–Crippen LogP) is 1.99. The highest BCUT2D eigenvalue weighted by Gasteiger charge is 2.22. The number of fused-ring (bicyclic) bond motifs is 2. The van der Waals surface area contributed by atoms with Gasteiger partial charge in [0.05, 0.1) is 30.5 Å². The Hall–Kier alpha value is -3.59. The van der Waals surface area contributed by atoms with Gasteiger partial charge in [0.2, 0.25) is 0 Å². The fourth-order valence-corrected chi connectivity index (χ4v) is 3.86. The summed E-state index contributed by atoms with van der Waals surface area (Å²) in [5, 5.41) is 22.7. The van der Waals surface area contributed by atoms with Crippen LogP contribution in [-0.2, 0) is 25.1 Å². The van der Waals surface area contributed by atoms with Crippen LogP contribution in [0, 0.1) is 0 Å². The van der Waals surface area contributed by atoms with Crippen molar-refractivity contribution in [2.45, 2.75) is 39.0 Å². The van der Waals surface area contributed by atoms with Gasteiger partial charge in [-0.25, -0.2) is 4.98 Å². The number of Topliss-reactive ketones (excluding diaryl/α,β-unsaturated/α-hetero) is 1. The molecule has 0 saturated heterocycles. The summed E-state index contributed by atoms with van der Waals surface area (Å²) in [7, 11) is 0. The average molecular weight is 417 g/mol.